The van der Waals surface area contributed by atoms with E-state index < -0.39 is 0 Å². The van der Waals surface area contributed by atoms with Crippen LogP contribution < -0.4 is 5.73 Å². The van der Waals surface area contributed by atoms with Gasteiger partial charge in [-0.05, 0) is 12.1 Å². The molecule has 0 spiro atoms. The molecule has 2 N–H and O–H groups in total. The maximum Gasteiger partial charge on any atom is 0.252 e. The third-order valence-corrected chi connectivity index (χ3v) is 2.53. The Labute approximate surface area is 107 Å². The fourth-order valence-corrected chi connectivity index (χ4v) is 1.70. The largest absolute Gasteiger partial charge is 0.370 e. The normalized spacial score (nSPS) is 10.7. The molecule has 0 aliphatic carbocycles. The van der Waals surface area contributed by atoms with Crippen molar-refractivity contribution in [3.05, 3.63) is 34.6 Å². The van der Waals surface area contributed by atoms with E-state index in [1.807, 2.05) is 24.3 Å². The Morgan fingerprint density at radius 1 is 1.41 bits per heavy atom. The van der Waals surface area contributed by atoms with E-state index in [1.165, 1.54) is 0 Å². The number of ether oxygens (including phenoxy) is 1. The molecule has 1 aromatic carbocycles. The molecule has 0 atom stereocenters. The van der Waals surface area contributed by atoms with Crippen molar-refractivity contribution >= 4 is 15.9 Å². The van der Waals surface area contributed by atoms with Crippen LogP contribution in [0.15, 0.2) is 33.3 Å². The molecule has 5 nitrogen and oxygen atoms in total. The number of benzene rings is 1. The second-order valence-electron chi connectivity index (χ2n) is 3.36. The van der Waals surface area contributed by atoms with Gasteiger partial charge in [0.1, 0.15) is 6.61 Å². The third kappa shape index (κ3) is 3.36. The summed E-state index contributed by atoms with van der Waals surface area (Å²) in [6.45, 7) is 1.25. The average Bonchev–Trinajstić information content (AvgIpc) is 2.78. The Balaban J connectivity index is 2.07. The van der Waals surface area contributed by atoms with E-state index >= 15 is 0 Å². The summed E-state index contributed by atoms with van der Waals surface area (Å²) in [5.74, 6) is 1.01. The third-order valence-electron chi connectivity index (χ3n) is 2.04. The minimum Gasteiger partial charge on any atom is -0.370 e. The molecule has 0 saturated carbocycles. The van der Waals surface area contributed by atoms with Gasteiger partial charge >= 0.3 is 0 Å². The minimum atomic E-state index is 0.290. The van der Waals surface area contributed by atoms with Crippen LogP contribution in [-0.4, -0.2) is 23.3 Å². The maximum atomic E-state index is 5.31. The van der Waals surface area contributed by atoms with E-state index in [0.29, 0.717) is 24.9 Å². The van der Waals surface area contributed by atoms with Gasteiger partial charge in [0.25, 0.3) is 5.89 Å². The van der Waals surface area contributed by atoms with Gasteiger partial charge in [-0.2, -0.15) is 4.98 Å². The average molecular weight is 298 g/mol. The molecule has 1 heterocycles. The highest BCUT2D eigenvalue weighted by Gasteiger charge is 2.08. The summed E-state index contributed by atoms with van der Waals surface area (Å²) in [6.07, 6.45) is 0. The Kier molecular flexibility index (Phi) is 4.24. The maximum absolute atomic E-state index is 5.31. The zero-order chi connectivity index (χ0) is 12.1. The van der Waals surface area contributed by atoms with Crippen molar-refractivity contribution < 1.29 is 9.26 Å². The number of aromatic nitrogens is 2. The van der Waals surface area contributed by atoms with E-state index in [4.69, 9.17) is 15.0 Å². The Morgan fingerprint density at radius 3 is 3.06 bits per heavy atom. The minimum absolute atomic E-state index is 0.290. The Morgan fingerprint density at radius 2 is 2.29 bits per heavy atom. The van der Waals surface area contributed by atoms with Gasteiger partial charge in [-0.25, -0.2) is 0 Å². The van der Waals surface area contributed by atoms with Gasteiger partial charge < -0.3 is 15.0 Å². The number of nitrogens with two attached hydrogens (primary N) is 1. The molecule has 0 radical (unpaired) electrons. The van der Waals surface area contributed by atoms with E-state index in [-0.39, 0.29) is 6.61 Å². The molecule has 0 unspecified atom stereocenters. The smallest absolute Gasteiger partial charge is 0.252 e. The lowest BCUT2D eigenvalue weighted by Gasteiger charge is -1.96. The molecule has 17 heavy (non-hydrogen) atoms. The van der Waals surface area contributed by atoms with Gasteiger partial charge in [-0.3, -0.25) is 0 Å². The van der Waals surface area contributed by atoms with Crippen molar-refractivity contribution in [2.45, 2.75) is 6.61 Å². The van der Waals surface area contributed by atoms with Gasteiger partial charge in [0, 0.05) is 16.6 Å². The predicted molar refractivity (Wildman–Crippen MR) is 66.1 cm³/mol. The lowest BCUT2D eigenvalue weighted by molar-refractivity contribution is 0.104. The Bertz CT molecular complexity index is 487. The van der Waals surface area contributed by atoms with Crippen LogP contribution in [0.5, 0.6) is 0 Å². The number of halogens is 1. The summed E-state index contributed by atoms with van der Waals surface area (Å²) in [7, 11) is 0. The molecule has 0 saturated heterocycles. The van der Waals surface area contributed by atoms with Crippen molar-refractivity contribution in [1.29, 1.82) is 0 Å². The fraction of sp³-hybridized carbons (Fsp3) is 0.273. The molecule has 2 rings (SSSR count). The monoisotopic (exact) mass is 297 g/mol. The molecule has 0 amide bonds. The van der Waals surface area contributed by atoms with Crippen LogP contribution in [0.4, 0.5) is 0 Å². The molecule has 2 aromatic rings. The van der Waals surface area contributed by atoms with Crippen LogP contribution in [0.1, 0.15) is 5.89 Å². The van der Waals surface area contributed by atoms with Crippen molar-refractivity contribution in [1.82, 2.24) is 10.1 Å². The van der Waals surface area contributed by atoms with Crippen LogP contribution >= 0.6 is 15.9 Å². The van der Waals surface area contributed by atoms with Crippen molar-refractivity contribution in [2.75, 3.05) is 13.2 Å². The summed E-state index contributed by atoms with van der Waals surface area (Å²) in [5, 5.41) is 3.89. The van der Waals surface area contributed by atoms with Crippen molar-refractivity contribution in [2.24, 2.45) is 5.73 Å². The molecule has 0 fully saturated rings. The number of hydrogen-bond acceptors (Lipinski definition) is 5. The zero-order valence-corrected chi connectivity index (χ0v) is 10.7. The van der Waals surface area contributed by atoms with Gasteiger partial charge in [-0.1, -0.05) is 33.2 Å². The highest BCUT2D eigenvalue weighted by Crippen LogP contribution is 2.20. The van der Waals surface area contributed by atoms with E-state index in [9.17, 15) is 0 Å². The SMILES string of the molecule is NCCOCc1nc(-c2cccc(Br)c2)no1. The Hall–Kier alpha value is -1.24. The molecule has 0 bridgehead atoms. The molecule has 1 aromatic heterocycles. The molecule has 0 aliphatic rings. The number of nitrogens with zero attached hydrogens (tertiary/aromatic N) is 2. The molecular formula is C11H12BrN3O2. The second-order valence-corrected chi connectivity index (χ2v) is 4.28. The summed E-state index contributed by atoms with van der Waals surface area (Å²) >= 11 is 3.39. The van der Waals surface area contributed by atoms with Gasteiger partial charge in [0.05, 0.1) is 6.61 Å². The van der Waals surface area contributed by atoms with Gasteiger partial charge in [0.2, 0.25) is 5.82 Å². The van der Waals surface area contributed by atoms with Crippen LogP contribution in [0, 0.1) is 0 Å². The number of rotatable bonds is 5. The quantitative estimate of drug-likeness (QED) is 0.854. The molecule has 0 aliphatic heterocycles. The lowest BCUT2D eigenvalue weighted by atomic mass is 10.2. The predicted octanol–water partition coefficient (Wildman–Crippen LogP) is 1.97. The first-order valence-corrected chi connectivity index (χ1v) is 5.95. The van der Waals surface area contributed by atoms with Gasteiger partial charge in [-0.15, -0.1) is 0 Å². The summed E-state index contributed by atoms with van der Waals surface area (Å²) in [5.41, 5.74) is 6.21. The van der Waals surface area contributed by atoms with E-state index in [0.717, 1.165) is 10.0 Å². The molecular weight excluding hydrogens is 286 g/mol. The van der Waals surface area contributed by atoms with Crippen molar-refractivity contribution in [3.8, 4) is 11.4 Å². The summed E-state index contributed by atoms with van der Waals surface area (Å²) in [4.78, 5) is 4.23. The molecule has 90 valence electrons. The first-order valence-electron chi connectivity index (χ1n) is 5.16. The topological polar surface area (TPSA) is 74.2 Å². The van der Waals surface area contributed by atoms with E-state index in [1.54, 1.807) is 0 Å². The lowest BCUT2D eigenvalue weighted by Crippen LogP contribution is -2.08. The molecule has 6 heteroatoms. The van der Waals surface area contributed by atoms with Gasteiger partial charge in [0.15, 0.2) is 0 Å². The van der Waals surface area contributed by atoms with Crippen LogP contribution in [0.2, 0.25) is 0 Å². The highest BCUT2D eigenvalue weighted by molar-refractivity contribution is 9.10. The van der Waals surface area contributed by atoms with Crippen LogP contribution in [0.25, 0.3) is 11.4 Å². The summed E-state index contributed by atoms with van der Waals surface area (Å²) in [6, 6.07) is 7.70. The number of hydrogen-bond donors (Lipinski definition) is 1. The summed E-state index contributed by atoms with van der Waals surface area (Å²) < 4.78 is 11.2. The second kappa shape index (κ2) is 5.90. The fourth-order valence-electron chi connectivity index (χ4n) is 1.30. The van der Waals surface area contributed by atoms with Crippen molar-refractivity contribution in [3.63, 3.8) is 0 Å². The first-order chi connectivity index (χ1) is 8.29. The van der Waals surface area contributed by atoms with E-state index in [2.05, 4.69) is 26.1 Å². The van der Waals surface area contributed by atoms with Crippen LogP contribution in [-0.2, 0) is 11.3 Å². The zero-order valence-electron chi connectivity index (χ0n) is 9.10. The van der Waals surface area contributed by atoms with Crippen LogP contribution in [0.3, 0.4) is 0 Å². The standard InChI is InChI=1S/C11H12BrN3O2/c12-9-3-1-2-8(6-9)11-14-10(17-15-11)7-16-5-4-13/h1-3,6H,4-5,7,13H2. The first kappa shape index (κ1) is 12.2. The highest BCUT2D eigenvalue weighted by atomic mass is 79.9.